The van der Waals surface area contributed by atoms with Crippen molar-refractivity contribution in [3.63, 3.8) is 0 Å². The molecule has 0 saturated carbocycles. The number of benzene rings is 1. The van der Waals surface area contributed by atoms with E-state index in [1.54, 1.807) is 18.3 Å². The van der Waals surface area contributed by atoms with Gasteiger partial charge in [0.05, 0.1) is 5.56 Å². The summed E-state index contributed by atoms with van der Waals surface area (Å²) in [5.41, 5.74) is 7.30. The van der Waals surface area contributed by atoms with E-state index in [0.29, 0.717) is 22.9 Å². The Morgan fingerprint density at radius 2 is 2.20 bits per heavy atom. The molecule has 20 heavy (non-hydrogen) atoms. The maximum Gasteiger partial charge on any atom is 0.173 e. The monoisotopic (exact) mass is 290 g/mol. The van der Waals surface area contributed by atoms with Gasteiger partial charge in [0.1, 0.15) is 5.82 Å². The number of rotatable bonds is 4. The van der Waals surface area contributed by atoms with Crippen molar-refractivity contribution in [3.05, 3.63) is 58.7 Å². The van der Waals surface area contributed by atoms with Crippen molar-refractivity contribution < 1.29 is 5.21 Å². The second-order valence-corrected chi connectivity index (χ2v) is 4.78. The van der Waals surface area contributed by atoms with Gasteiger partial charge in [-0.2, -0.15) is 0 Å². The average molecular weight is 291 g/mol. The van der Waals surface area contributed by atoms with Crippen molar-refractivity contribution in [2.24, 2.45) is 10.9 Å². The number of pyridine rings is 1. The number of nitrogens with two attached hydrogens (primary N) is 1. The number of anilines is 1. The van der Waals surface area contributed by atoms with Gasteiger partial charge in [0.15, 0.2) is 5.84 Å². The maximum absolute atomic E-state index is 8.82. The van der Waals surface area contributed by atoms with Crippen molar-refractivity contribution in [2.45, 2.75) is 6.54 Å². The summed E-state index contributed by atoms with van der Waals surface area (Å²) in [7, 11) is 1.89. The first-order valence-corrected chi connectivity index (χ1v) is 6.38. The second-order valence-electron chi connectivity index (χ2n) is 4.35. The highest BCUT2D eigenvalue weighted by atomic mass is 35.5. The second kappa shape index (κ2) is 6.25. The number of oxime groups is 1. The van der Waals surface area contributed by atoms with Gasteiger partial charge in [-0.25, -0.2) is 4.98 Å². The molecule has 0 unspecified atom stereocenters. The van der Waals surface area contributed by atoms with Crippen LogP contribution in [0.3, 0.4) is 0 Å². The first-order chi connectivity index (χ1) is 9.61. The number of amidine groups is 1. The minimum atomic E-state index is 0.0334. The van der Waals surface area contributed by atoms with Crippen LogP contribution in [0.5, 0.6) is 0 Å². The molecular weight excluding hydrogens is 276 g/mol. The van der Waals surface area contributed by atoms with Crippen LogP contribution in [0.1, 0.15) is 11.1 Å². The molecule has 6 heteroatoms. The van der Waals surface area contributed by atoms with Gasteiger partial charge in [-0.15, -0.1) is 0 Å². The number of nitrogens with zero attached hydrogens (tertiary/aromatic N) is 3. The van der Waals surface area contributed by atoms with Gasteiger partial charge in [0, 0.05) is 24.8 Å². The molecule has 0 amide bonds. The lowest BCUT2D eigenvalue weighted by Crippen LogP contribution is -2.23. The Morgan fingerprint density at radius 1 is 1.40 bits per heavy atom. The van der Waals surface area contributed by atoms with E-state index in [0.717, 1.165) is 5.56 Å². The molecule has 0 atom stereocenters. The number of halogens is 1. The van der Waals surface area contributed by atoms with Crippen molar-refractivity contribution in [1.82, 2.24) is 4.98 Å². The molecule has 0 fully saturated rings. The van der Waals surface area contributed by atoms with Gasteiger partial charge in [0.25, 0.3) is 0 Å². The summed E-state index contributed by atoms with van der Waals surface area (Å²) >= 11 is 5.97. The minimum Gasteiger partial charge on any atom is -0.409 e. The van der Waals surface area contributed by atoms with E-state index >= 15 is 0 Å². The highest BCUT2D eigenvalue weighted by molar-refractivity contribution is 6.30. The van der Waals surface area contributed by atoms with E-state index in [9.17, 15) is 0 Å². The summed E-state index contributed by atoms with van der Waals surface area (Å²) in [6.07, 6.45) is 1.66. The Hall–Kier alpha value is -2.27. The van der Waals surface area contributed by atoms with Gasteiger partial charge in [-0.3, -0.25) is 0 Å². The lowest BCUT2D eigenvalue weighted by molar-refractivity contribution is 0.318. The Balaban J connectivity index is 2.28. The zero-order chi connectivity index (χ0) is 14.5. The zero-order valence-corrected chi connectivity index (χ0v) is 11.7. The molecule has 0 saturated heterocycles. The Morgan fingerprint density at radius 3 is 2.90 bits per heavy atom. The molecule has 5 nitrogen and oxygen atoms in total. The standard InChI is InChI=1S/C14H15ClN4O/c1-19(9-10-4-2-5-11(15)8-10)14-12(13(16)18-20)6-3-7-17-14/h2-8,20H,9H2,1H3,(H2,16,18). The summed E-state index contributed by atoms with van der Waals surface area (Å²) in [6, 6.07) is 11.1. The third-order valence-electron chi connectivity index (χ3n) is 2.84. The summed E-state index contributed by atoms with van der Waals surface area (Å²) in [5, 5.41) is 12.5. The van der Waals surface area contributed by atoms with E-state index in [2.05, 4.69) is 10.1 Å². The maximum atomic E-state index is 8.82. The molecule has 2 aromatic rings. The topological polar surface area (TPSA) is 74.7 Å². The van der Waals surface area contributed by atoms with Gasteiger partial charge >= 0.3 is 0 Å². The smallest absolute Gasteiger partial charge is 0.173 e. The van der Waals surface area contributed by atoms with Crippen LogP contribution >= 0.6 is 11.6 Å². The minimum absolute atomic E-state index is 0.0334. The Kier molecular flexibility index (Phi) is 4.42. The van der Waals surface area contributed by atoms with Gasteiger partial charge in [-0.1, -0.05) is 28.9 Å². The first-order valence-electron chi connectivity index (χ1n) is 6.00. The summed E-state index contributed by atoms with van der Waals surface area (Å²) in [4.78, 5) is 6.20. The van der Waals surface area contributed by atoms with Crippen LogP contribution in [0.25, 0.3) is 0 Å². The fraction of sp³-hybridized carbons (Fsp3) is 0.143. The van der Waals surface area contributed by atoms with Crippen LogP contribution < -0.4 is 10.6 Å². The Labute approximate surface area is 122 Å². The highest BCUT2D eigenvalue weighted by Gasteiger charge is 2.12. The quantitative estimate of drug-likeness (QED) is 0.393. The molecule has 0 bridgehead atoms. The van der Waals surface area contributed by atoms with Crippen molar-refractivity contribution in [3.8, 4) is 0 Å². The normalized spacial score (nSPS) is 11.4. The molecule has 0 aliphatic rings. The molecule has 0 aliphatic heterocycles. The lowest BCUT2D eigenvalue weighted by atomic mass is 10.2. The highest BCUT2D eigenvalue weighted by Crippen LogP contribution is 2.19. The predicted octanol–water partition coefficient (Wildman–Crippen LogP) is 2.47. The summed E-state index contributed by atoms with van der Waals surface area (Å²) in [6.45, 7) is 0.614. The lowest BCUT2D eigenvalue weighted by Gasteiger charge is -2.20. The van der Waals surface area contributed by atoms with Crippen molar-refractivity contribution >= 4 is 23.3 Å². The molecule has 1 aromatic carbocycles. The van der Waals surface area contributed by atoms with Crippen LogP contribution in [0, 0.1) is 0 Å². The number of aromatic nitrogens is 1. The van der Waals surface area contributed by atoms with Gasteiger partial charge in [-0.05, 0) is 29.8 Å². The SMILES string of the molecule is CN(Cc1cccc(Cl)c1)c1ncccc1C(N)=NO. The van der Waals surface area contributed by atoms with Crippen LogP contribution in [0.15, 0.2) is 47.8 Å². The van der Waals surface area contributed by atoms with Gasteiger partial charge in [0.2, 0.25) is 0 Å². The summed E-state index contributed by atoms with van der Waals surface area (Å²) in [5.74, 6) is 0.675. The molecule has 104 valence electrons. The van der Waals surface area contributed by atoms with E-state index in [-0.39, 0.29) is 5.84 Å². The van der Waals surface area contributed by atoms with E-state index in [4.69, 9.17) is 22.5 Å². The van der Waals surface area contributed by atoms with Gasteiger partial charge < -0.3 is 15.8 Å². The molecule has 0 aliphatic carbocycles. The number of hydrogen-bond donors (Lipinski definition) is 2. The van der Waals surface area contributed by atoms with Crippen molar-refractivity contribution in [1.29, 1.82) is 0 Å². The molecule has 1 aromatic heterocycles. The zero-order valence-electron chi connectivity index (χ0n) is 11.0. The van der Waals surface area contributed by atoms with Crippen LogP contribution in [0.2, 0.25) is 5.02 Å². The first kappa shape index (κ1) is 14.1. The molecule has 2 rings (SSSR count). The number of hydrogen-bond acceptors (Lipinski definition) is 4. The fourth-order valence-electron chi connectivity index (χ4n) is 1.94. The van der Waals surface area contributed by atoms with Crippen LogP contribution in [-0.4, -0.2) is 23.1 Å². The molecular formula is C14H15ClN4O. The largest absolute Gasteiger partial charge is 0.409 e. The van der Waals surface area contributed by atoms with Crippen molar-refractivity contribution in [2.75, 3.05) is 11.9 Å². The van der Waals surface area contributed by atoms with E-state index < -0.39 is 0 Å². The molecule has 3 N–H and O–H groups in total. The molecule has 0 radical (unpaired) electrons. The molecule has 1 heterocycles. The van der Waals surface area contributed by atoms with E-state index in [1.165, 1.54) is 0 Å². The van der Waals surface area contributed by atoms with Crippen LogP contribution in [0.4, 0.5) is 5.82 Å². The van der Waals surface area contributed by atoms with Crippen LogP contribution in [-0.2, 0) is 6.54 Å². The predicted molar refractivity (Wildman–Crippen MR) is 80.3 cm³/mol. The van der Waals surface area contributed by atoms with E-state index in [1.807, 2.05) is 36.2 Å². The fourth-order valence-corrected chi connectivity index (χ4v) is 2.15. The Bertz CT molecular complexity index is 630. The summed E-state index contributed by atoms with van der Waals surface area (Å²) < 4.78 is 0. The third kappa shape index (κ3) is 3.19. The average Bonchev–Trinajstić information content (AvgIpc) is 2.46. The molecule has 0 spiro atoms. The third-order valence-corrected chi connectivity index (χ3v) is 3.08.